The fourth-order valence-corrected chi connectivity index (χ4v) is 5.40. The molecule has 0 aliphatic heterocycles. The third-order valence-corrected chi connectivity index (χ3v) is 6.24. The van der Waals surface area contributed by atoms with E-state index in [1.54, 1.807) is 0 Å². The molecule has 0 N–H and O–H groups in total. The smallest absolute Gasteiger partial charge is 0.185 e. The lowest BCUT2D eigenvalue weighted by Crippen LogP contribution is -2.35. The number of benzene rings is 2. The van der Waals surface area contributed by atoms with Crippen LogP contribution in [0.15, 0.2) is 42.5 Å². The van der Waals surface area contributed by atoms with Crippen LogP contribution in [-0.4, -0.2) is 16.6 Å². The third-order valence-electron chi connectivity index (χ3n) is 4.12. The van der Waals surface area contributed by atoms with Gasteiger partial charge in [-0.3, -0.25) is 0 Å². The van der Waals surface area contributed by atoms with E-state index in [9.17, 15) is 0 Å². The van der Waals surface area contributed by atoms with Crippen LogP contribution in [0.4, 0.5) is 0 Å². The summed E-state index contributed by atoms with van der Waals surface area (Å²) < 4.78 is 13.2. The summed E-state index contributed by atoms with van der Waals surface area (Å²) in [5.74, 6) is 0. The summed E-state index contributed by atoms with van der Waals surface area (Å²) in [5.41, 5.74) is 4.77. The number of fused-ring (bicyclic) bond motifs is 2. The summed E-state index contributed by atoms with van der Waals surface area (Å²) in [6.45, 7) is 13.4. The number of hydrogen-bond acceptors (Lipinski definition) is 2. The van der Waals surface area contributed by atoms with Crippen molar-refractivity contribution in [2.45, 2.75) is 51.5 Å². The second-order valence-corrected chi connectivity index (χ2v) is 18.0. The molecule has 2 unspecified atom stereocenters. The van der Waals surface area contributed by atoms with Crippen LogP contribution in [0.1, 0.15) is 34.5 Å². The number of hydrogen-bond donors (Lipinski definition) is 0. The summed E-state index contributed by atoms with van der Waals surface area (Å²) in [4.78, 5) is 0. The van der Waals surface area contributed by atoms with Gasteiger partial charge in [-0.2, -0.15) is 0 Å². The summed E-state index contributed by atoms with van der Waals surface area (Å²) in [5, 5.41) is 0.745. The second kappa shape index (κ2) is 6.67. The summed E-state index contributed by atoms with van der Waals surface area (Å²) in [6.07, 6.45) is -0.116. The molecule has 0 heterocycles. The van der Waals surface area contributed by atoms with Crippen molar-refractivity contribution in [1.82, 2.24) is 0 Å². The van der Waals surface area contributed by atoms with Gasteiger partial charge < -0.3 is 8.85 Å². The number of rotatable bonds is 4. The first-order valence-electron chi connectivity index (χ1n) is 8.79. The molecule has 0 fully saturated rings. The Bertz CT molecular complexity index is 778. The third kappa shape index (κ3) is 4.26. The van der Waals surface area contributed by atoms with Gasteiger partial charge in [0.05, 0.1) is 12.2 Å². The summed E-state index contributed by atoms with van der Waals surface area (Å²) >= 11 is 6.34. The maximum atomic E-state index is 6.60. The van der Waals surface area contributed by atoms with E-state index in [0.717, 1.165) is 10.6 Å². The van der Waals surface area contributed by atoms with Crippen molar-refractivity contribution in [3.8, 4) is 0 Å². The average molecular weight is 391 g/mol. The van der Waals surface area contributed by atoms with E-state index in [0.29, 0.717) is 0 Å². The first kappa shape index (κ1) is 18.9. The molecule has 5 heteroatoms. The molecule has 3 rings (SSSR count). The predicted molar refractivity (Wildman–Crippen MR) is 110 cm³/mol. The minimum Gasteiger partial charge on any atom is -0.407 e. The van der Waals surface area contributed by atoms with Crippen LogP contribution in [0, 0.1) is 0 Å². The Labute approximate surface area is 158 Å². The van der Waals surface area contributed by atoms with Gasteiger partial charge in [-0.25, -0.2) is 0 Å². The van der Waals surface area contributed by atoms with Crippen molar-refractivity contribution in [2.75, 3.05) is 0 Å². The first-order valence-corrected chi connectivity index (χ1v) is 16.0. The minimum absolute atomic E-state index is 0.0448. The highest BCUT2D eigenvalue weighted by Crippen LogP contribution is 2.46. The van der Waals surface area contributed by atoms with Crippen LogP contribution >= 0.6 is 11.6 Å². The molecule has 1 aliphatic carbocycles. The van der Waals surface area contributed by atoms with Crippen molar-refractivity contribution >= 4 is 28.2 Å². The molecule has 2 aromatic rings. The topological polar surface area (TPSA) is 18.5 Å². The fourth-order valence-electron chi connectivity index (χ4n) is 3.30. The van der Waals surface area contributed by atoms with Gasteiger partial charge in [-0.15, -0.1) is 0 Å². The molecule has 0 radical (unpaired) electrons. The van der Waals surface area contributed by atoms with E-state index in [1.165, 1.54) is 16.7 Å². The van der Waals surface area contributed by atoms with Gasteiger partial charge >= 0.3 is 0 Å². The second-order valence-electron chi connectivity index (χ2n) is 8.62. The Morgan fingerprint density at radius 1 is 0.680 bits per heavy atom. The van der Waals surface area contributed by atoms with E-state index in [4.69, 9.17) is 20.5 Å². The van der Waals surface area contributed by atoms with E-state index in [-0.39, 0.29) is 12.2 Å². The normalized spacial score (nSPS) is 20.1. The van der Waals surface area contributed by atoms with Crippen LogP contribution in [0.3, 0.4) is 0 Å². The highest BCUT2D eigenvalue weighted by atomic mass is 35.5. The van der Waals surface area contributed by atoms with Crippen LogP contribution in [0.5, 0.6) is 0 Å². The van der Waals surface area contributed by atoms with Crippen molar-refractivity contribution in [1.29, 1.82) is 0 Å². The zero-order valence-electron chi connectivity index (χ0n) is 15.9. The Balaban J connectivity index is 2.19. The molecule has 25 heavy (non-hydrogen) atoms. The van der Waals surface area contributed by atoms with Crippen molar-refractivity contribution in [3.05, 3.63) is 69.7 Å². The van der Waals surface area contributed by atoms with E-state index < -0.39 is 16.6 Å². The number of halogens is 1. The first-order chi connectivity index (χ1) is 11.6. The highest BCUT2D eigenvalue weighted by molar-refractivity contribution is 6.70. The molecule has 0 amide bonds. The Morgan fingerprint density at radius 2 is 1.12 bits per heavy atom. The maximum absolute atomic E-state index is 6.60. The van der Waals surface area contributed by atoms with Gasteiger partial charge in [0.15, 0.2) is 16.6 Å². The largest absolute Gasteiger partial charge is 0.407 e. The highest BCUT2D eigenvalue weighted by Gasteiger charge is 2.37. The SMILES string of the molecule is C[Si](C)(C)OC1c2ccccc2C(O[Si](C)(C)C)c2cc(Cl)ccc21. The zero-order chi connectivity index (χ0) is 18.4. The molecule has 134 valence electrons. The molecular formula is C20H27ClO2Si2. The van der Waals surface area contributed by atoms with Crippen LogP contribution in [0.25, 0.3) is 0 Å². The molecule has 0 saturated heterocycles. The Hall–Kier alpha value is -0.916. The molecule has 0 saturated carbocycles. The summed E-state index contributed by atoms with van der Waals surface area (Å²) in [7, 11) is -3.47. The van der Waals surface area contributed by atoms with E-state index >= 15 is 0 Å². The van der Waals surface area contributed by atoms with E-state index in [2.05, 4.69) is 75.7 Å². The van der Waals surface area contributed by atoms with Gasteiger partial charge in [0, 0.05) is 5.02 Å². The van der Waals surface area contributed by atoms with Crippen molar-refractivity contribution < 1.29 is 8.85 Å². The van der Waals surface area contributed by atoms with Gasteiger partial charge in [0.2, 0.25) is 0 Å². The molecule has 0 spiro atoms. The molecule has 2 nitrogen and oxygen atoms in total. The zero-order valence-corrected chi connectivity index (χ0v) is 18.6. The molecule has 0 bridgehead atoms. The lowest BCUT2D eigenvalue weighted by atomic mass is 9.82. The van der Waals surface area contributed by atoms with Crippen LogP contribution in [-0.2, 0) is 8.85 Å². The van der Waals surface area contributed by atoms with Crippen molar-refractivity contribution in [2.24, 2.45) is 0 Å². The van der Waals surface area contributed by atoms with Gasteiger partial charge in [0.25, 0.3) is 0 Å². The molecule has 2 aromatic carbocycles. The van der Waals surface area contributed by atoms with Crippen LogP contribution < -0.4 is 0 Å². The maximum Gasteiger partial charge on any atom is 0.185 e. The van der Waals surface area contributed by atoms with Crippen LogP contribution in [0.2, 0.25) is 44.3 Å². The summed E-state index contributed by atoms with van der Waals surface area (Å²) in [6, 6.07) is 14.6. The predicted octanol–water partition coefficient (Wildman–Crippen LogP) is 6.54. The Morgan fingerprint density at radius 3 is 1.60 bits per heavy atom. The van der Waals surface area contributed by atoms with Gasteiger partial charge in [0.1, 0.15) is 0 Å². The molecular weight excluding hydrogens is 364 g/mol. The molecule has 1 aliphatic rings. The fraction of sp³-hybridized carbons (Fsp3) is 0.400. The molecule has 0 aromatic heterocycles. The average Bonchev–Trinajstić information content (AvgIpc) is 2.48. The Kier molecular flexibility index (Phi) is 5.03. The lowest BCUT2D eigenvalue weighted by molar-refractivity contribution is 0.193. The monoisotopic (exact) mass is 390 g/mol. The van der Waals surface area contributed by atoms with Gasteiger partial charge in [-0.1, -0.05) is 41.9 Å². The quantitative estimate of drug-likeness (QED) is 0.552. The molecule has 2 atom stereocenters. The van der Waals surface area contributed by atoms with Crippen molar-refractivity contribution in [3.63, 3.8) is 0 Å². The lowest BCUT2D eigenvalue weighted by Gasteiger charge is -2.39. The van der Waals surface area contributed by atoms with Gasteiger partial charge in [-0.05, 0) is 73.7 Å². The standard InChI is InChI=1S/C20H27ClO2Si2/c1-24(2,3)22-19-15-9-7-8-10-16(15)20(23-25(4,5)6)18-13-14(21)11-12-17(18)19/h7-13,19-20H,1-6H3. The minimum atomic E-state index is -1.74. The van der Waals surface area contributed by atoms with E-state index in [1.807, 2.05) is 6.07 Å².